The molecule has 0 radical (unpaired) electrons. The SMILES string of the molecule is Cc1cc(C)c(NC(=O)C2(C(=O)Nc3cc(C)on3)CC2)c(Cl)c1. The van der Waals surface area contributed by atoms with Crippen molar-refractivity contribution in [3.05, 3.63) is 40.1 Å². The van der Waals surface area contributed by atoms with Crippen LogP contribution >= 0.6 is 11.6 Å². The summed E-state index contributed by atoms with van der Waals surface area (Å²) < 4.78 is 4.91. The van der Waals surface area contributed by atoms with E-state index in [1.54, 1.807) is 19.1 Å². The van der Waals surface area contributed by atoms with Crippen LogP contribution in [0.3, 0.4) is 0 Å². The van der Waals surface area contributed by atoms with E-state index in [2.05, 4.69) is 15.8 Å². The highest BCUT2D eigenvalue weighted by Gasteiger charge is 2.56. The zero-order chi connectivity index (χ0) is 17.5. The minimum Gasteiger partial charge on any atom is -0.360 e. The predicted octanol–water partition coefficient (Wildman–Crippen LogP) is 3.61. The topological polar surface area (TPSA) is 84.2 Å². The standard InChI is InChI=1S/C17H18ClN3O3/c1-9-6-10(2)14(12(18)7-9)20-16(23)17(4-5-17)15(22)19-13-8-11(3)24-21-13/h6-8H,4-5H2,1-3H3,(H,20,23)(H,19,21,22). The Kier molecular flexibility index (Phi) is 4.09. The number of nitrogens with zero attached hydrogens (tertiary/aromatic N) is 1. The van der Waals surface area contributed by atoms with E-state index in [1.165, 1.54) is 0 Å². The van der Waals surface area contributed by atoms with E-state index >= 15 is 0 Å². The van der Waals surface area contributed by atoms with Crippen LogP contribution < -0.4 is 10.6 Å². The van der Waals surface area contributed by atoms with Crippen molar-refractivity contribution in [2.24, 2.45) is 5.41 Å². The molecule has 1 heterocycles. The first-order valence-corrected chi connectivity index (χ1v) is 8.02. The van der Waals surface area contributed by atoms with E-state index in [9.17, 15) is 9.59 Å². The number of benzene rings is 1. The van der Waals surface area contributed by atoms with E-state index < -0.39 is 5.41 Å². The summed E-state index contributed by atoms with van der Waals surface area (Å²) in [5.41, 5.74) is 1.34. The minimum absolute atomic E-state index is 0.307. The molecule has 0 saturated heterocycles. The van der Waals surface area contributed by atoms with Crippen LogP contribution in [-0.2, 0) is 9.59 Å². The highest BCUT2D eigenvalue weighted by atomic mass is 35.5. The smallest absolute Gasteiger partial charge is 0.241 e. The van der Waals surface area contributed by atoms with Gasteiger partial charge in [0.15, 0.2) is 5.82 Å². The molecule has 1 aliphatic rings. The third-order valence-corrected chi connectivity index (χ3v) is 4.46. The van der Waals surface area contributed by atoms with E-state index in [-0.39, 0.29) is 11.8 Å². The molecule has 126 valence electrons. The molecule has 2 N–H and O–H groups in total. The summed E-state index contributed by atoms with van der Waals surface area (Å²) in [7, 11) is 0. The maximum Gasteiger partial charge on any atom is 0.241 e. The van der Waals surface area contributed by atoms with Crippen molar-refractivity contribution in [2.45, 2.75) is 33.6 Å². The second-order valence-corrected chi connectivity index (χ2v) is 6.66. The van der Waals surface area contributed by atoms with Crippen molar-refractivity contribution in [1.82, 2.24) is 5.16 Å². The van der Waals surface area contributed by atoms with Crippen molar-refractivity contribution in [3.63, 3.8) is 0 Å². The number of rotatable bonds is 4. The van der Waals surface area contributed by atoms with Crippen LogP contribution in [0, 0.1) is 26.2 Å². The van der Waals surface area contributed by atoms with Gasteiger partial charge >= 0.3 is 0 Å². The lowest BCUT2D eigenvalue weighted by Crippen LogP contribution is -2.36. The highest BCUT2D eigenvalue weighted by Crippen LogP contribution is 2.48. The molecule has 1 aliphatic carbocycles. The molecule has 2 amide bonds. The molecule has 0 atom stereocenters. The molecule has 1 saturated carbocycles. The first-order chi connectivity index (χ1) is 11.3. The van der Waals surface area contributed by atoms with Crippen LogP contribution in [0.25, 0.3) is 0 Å². The predicted molar refractivity (Wildman–Crippen MR) is 91.1 cm³/mol. The second kappa shape index (κ2) is 5.94. The average molecular weight is 348 g/mol. The summed E-state index contributed by atoms with van der Waals surface area (Å²) in [6.07, 6.45) is 0.980. The fourth-order valence-corrected chi connectivity index (χ4v) is 3.02. The Labute approximate surface area is 144 Å². The molecular formula is C17H18ClN3O3. The lowest BCUT2D eigenvalue weighted by Gasteiger charge is -2.17. The molecule has 0 aliphatic heterocycles. The van der Waals surface area contributed by atoms with E-state index in [4.69, 9.17) is 16.1 Å². The van der Waals surface area contributed by atoms with Gasteiger partial charge in [0.05, 0.1) is 10.7 Å². The van der Waals surface area contributed by atoms with E-state index in [0.717, 1.165) is 11.1 Å². The van der Waals surface area contributed by atoms with Gasteiger partial charge in [-0.05, 0) is 50.8 Å². The Balaban J connectivity index is 1.76. The molecule has 1 fully saturated rings. The first kappa shape index (κ1) is 16.5. The Morgan fingerprint density at radius 2 is 1.79 bits per heavy atom. The summed E-state index contributed by atoms with van der Waals surface area (Å²) in [6, 6.07) is 5.31. The summed E-state index contributed by atoms with van der Waals surface area (Å²) in [5.74, 6) is 0.158. The lowest BCUT2D eigenvalue weighted by molar-refractivity contribution is -0.131. The first-order valence-electron chi connectivity index (χ1n) is 7.65. The Hall–Kier alpha value is -2.34. The van der Waals surface area contributed by atoms with E-state index in [1.807, 2.05) is 19.9 Å². The molecule has 7 heteroatoms. The van der Waals surface area contributed by atoms with Crippen molar-refractivity contribution in [2.75, 3.05) is 10.6 Å². The van der Waals surface area contributed by atoms with Crippen LogP contribution in [0.1, 0.15) is 29.7 Å². The Morgan fingerprint density at radius 1 is 1.12 bits per heavy atom. The van der Waals surface area contributed by atoms with Gasteiger partial charge in [-0.2, -0.15) is 0 Å². The quantitative estimate of drug-likeness (QED) is 0.827. The van der Waals surface area contributed by atoms with Crippen molar-refractivity contribution in [3.8, 4) is 0 Å². The molecule has 1 aromatic carbocycles. The van der Waals surface area contributed by atoms with Crippen LogP contribution in [0.2, 0.25) is 5.02 Å². The van der Waals surface area contributed by atoms with Crippen LogP contribution in [0.5, 0.6) is 0 Å². The summed E-state index contributed by atoms with van der Waals surface area (Å²) >= 11 is 6.22. The third-order valence-electron chi connectivity index (χ3n) is 4.16. The molecule has 2 aromatic rings. The number of aromatic nitrogens is 1. The number of carbonyl (C=O) groups excluding carboxylic acids is 2. The number of nitrogens with one attached hydrogen (secondary N) is 2. The number of carbonyl (C=O) groups is 2. The second-order valence-electron chi connectivity index (χ2n) is 6.25. The van der Waals surface area contributed by atoms with Gasteiger partial charge in [-0.3, -0.25) is 9.59 Å². The number of halogens is 1. The van der Waals surface area contributed by atoms with Crippen LogP contribution in [-0.4, -0.2) is 17.0 Å². The molecule has 0 bridgehead atoms. The van der Waals surface area contributed by atoms with E-state index in [0.29, 0.717) is 35.1 Å². The maximum atomic E-state index is 12.6. The Morgan fingerprint density at radius 3 is 2.33 bits per heavy atom. The summed E-state index contributed by atoms with van der Waals surface area (Å²) in [4.78, 5) is 25.1. The van der Waals surface area contributed by atoms with Gasteiger partial charge in [-0.1, -0.05) is 22.8 Å². The summed E-state index contributed by atoms with van der Waals surface area (Å²) in [5, 5.41) is 9.62. The van der Waals surface area contributed by atoms with Gasteiger partial charge in [0.2, 0.25) is 11.8 Å². The third kappa shape index (κ3) is 3.01. The Bertz CT molecular complexity index is 801. The van der Waals surface area contributed by atoms with Crippen molar-refractivity contribution < 1.29 is 14.1 Å². The zero-order valence-electron chi connectivity index (χ0n) is 13.7. The normalized spacial score (nSPS) is 15.0. The number of hydrogen-bond donors (Lipinski definition) is 2. The maximum absolute atomic E-state index is 12.6. The molecule has 1 aromatic heterocycles. The highest BCUT2D eigenvalue weighted by molar-refractivity contribution is 6.34. The number of hydrogen-bond acceptors (Lipinski definition) is 4. The number of aryl methyl sites for hydroxylation is 3. The average Bonchev–Trinajstić information content (AvgIpc) is 3.22. The minimum atomic E-state index is -1.08. The van der Waals surface area contributed by atoms with Gasteiger partial charge in [-0.15, -0.1) is 0 Å². The van der Waals surface area contributed by atoms with Crippen LogP contribution in [0.4, 0.5) is 11.5 Å². The monoisotopic (exact) mass is 347 g/mol. The van der Waals surface area contributed by atoms with Gasteiger partial charge in [0.25, 0.3) is 0 Å². The van der Waals surface area contributed by atoms with Crippen molar-refractivity contribution in [1.29, 1.82) is 0 Å². The molecule has 0 spiro atoms. The van der Waals surface area contributed by atoms with Gasteiger partial charge in [-0.25, -0.2) is 0 Å². The van der Waals surface area contributed by atoms with Gasteiger partial charge in [0, 0.05) is 6.07 Å². The molecular weight excluding hydrogens is 330 g/mol. The van der Waals surface area contributed by atoms with Crippen LogP contribution in [0.15, 0.2) is 22.7 Å². The van der Waals surface area contributed by atoms with Crippen molar-refractivity contribution >= 4 is 34.9 Å². The number of anilines is 2. The fraction of sp³-hybridized carbons (Fsp3) is 0.353. The van der Waals surface area contributed by atoms with Gasteiger partial charge in [0.1, 0.15) is 11.2 Å². The van der Waals surface area contributed by atoms with Gasteiger partial charge < -0.3 is 15.2 Å². The fourth-order valence-electron chi connectivity index (χ4n) is 2.65. The summed E-state index contributed by atoms with van der Waals surface area (Å²) in [6.45, 7) is 5.52. The largest absolute Gasteiger partial charge is 0.360 e. The molecule has 24 heavy (non-hydrogen) atoms. The lowest BCUT2D eigenvalue weighted by atomic mass is 10.0. The zero-order valence-corrected chi connectivity index (χ0v) is 14.5. The molecule has 6 nitrogen and oxygen atoms in total. The number of amides is 2. The molecule has 3 rings (SSSR count). The molecule has 0 unspecified atom stereocenters.